The quantitative estimate of drug-likeness (QED) is 0.286. The monoisotopic (exact) mass is 401 g/mol. The van der Waals surface area contributed by atoms with Crippen molar-refractivity contribution in [1.29, 1.82) is 0 Å². The molecule has 0 aromatic carbocycles. The largest absolute Gasteiger partial charge is 0.463 e. The minimum Gasteiger partial charge on any atom is -0.463 e. The van der Waals surface area contributed by atoms with Crippen LogP contribution in [-0.2, 0) is 23.9 Å². The molecule has 0 saturated carbocycles. The van der Waals surface area contributed by atoms with E-state index in [1.54, 1.807) is 0 Å². The van der Waals surface area contributed by atoms with E-state index in [-0.39, 0.29) is 25.7 Å². The molecule has 0 fully saturated rings. The zero-order chi connectivity index (χ0) is 21.3. The van der Waals surface area contributed by atoms with Gasteiger partial charge in [0.05, 0.1) is 0 Å². The summed E-state index contributed by atoms with van der Waals surface area (Å²) < 4.78 is 10.3. The van der Waals surface area contributed by atoms with Crippen molar-refractivity contribution in [1.82, 2.24) is 5.32 Å². The van der Waals surface area contributed by atoms with Gasteiger partial charge in [0.1, 0.15) is 18.8 Å². The lowest BCUT2D eigenvalue weighted by atomic mass is 9.92. The van der Waals surface area contributed by atoms with Crippen molar-refractivity contribution in [2.24, 2.45) is 0 Å². The molecular weight excluding hydrogens is 362 g/mol. The maximum atomic E-state index is 11.6. The van der Waals surface area contributed by atoms with Crippen LogP contribution in [0.4, 0.5) is 0 Å². The lowest BCUT2D eigenvalue weighted by Gasteiger charge is -2.33. The number of carbonyl (C=O) groups is 3. The molecule has 0 saturated heterocycles. The van der Waals surface area contributed by atoms with Gasteiger partial charge in [0, 0.05) is 27.4 Å². The molecule has 28 heavy (non-hydrogen) atoms. The summed E-state index contributed by atoms with van der Waals surface area (Å²) in [7, 11) is 0. The van der Waals surface area contributed by atoms with Gasteiger partial charge in [-0.15, -0.1) is 0 Å². The Morgan fingerprint density at radius 3 is 1.46 bits per heavy atom. The van der Waals surface area contributed by atoms with E-state index in [4.69, 9.17) is 14.6 Å². The summed E-state index contributed by atoms with van der Waals surface area (Å²) in [6, 6.07) is 0. The highest BCUT2D eigenvalue weighted by Crippen LogP contribution is 2.19. The molecule has 0 radical (unpaired) electrons. The molecule has 7 heteroatoms. The number of rotatable bonds is 17. The molecule has 0 aliphatic heterocycles. The van der Waals surface area contributed by atoms with Gasteiger partial charge in [-0.1, -0.05) is 57.8 Å². The number of esters is 2. The molecule has 0 bridgehead atoms. The Morgan fingerprint density at radius 1 is 0.714 bits per heavy atom. The van der Waals surface area contributed by atoms with Gasteiger partial charge in [0.25, 0.3) is 0 Å². The van der Waals surface area contributed by atoms with Gasteiger partial charge < -0.3 is 19.9 Å². The second kappa shape index (κ2) is 16.3. The molecule has 0 aliphatic rings. The summed E-state index contributed by atoms with van der Waals surface area (Å²) in [5.74, 6) is -1.12. The topological polar surface area (TPSA) is 102 Å². The van der Waals surface area contributed by atoms with E-state index in [1.165, 1.54) is 52.9 Å². The predicted molar refractivity (Wildman–Crippen MR) is 108 cm³/mol. The van der Waals surface area contributed by atoms with Crippen LogP contribution in [0, 0.1) is 0 Å². The molecule has 0 atom stereocenters. The van der Waals surface area contributed by atoms with Crippen LogP contribution in [-0.4, -0.2) is 48.3 Å². The normalized spacial score (nSPS) is 11.1. The van der Waals surface area contributed by atoms with Crippen molar-refractivity contribution in [2.75, 3.05) is 19.8 Å². The van der Waals surface area contributed by atoms with Crippen LogP contribution in [0.5, 0.6) is 0 Å². The number of ether oxygens (including phenoxy) is 2. The number of hydrogen-bond acceptors (Lipinski definition) is 6. The fraction of sp³-hybridized carbons (Fsp3) is 0.857. The molecule has 1 amide bonds. The highest BCUT2D eigenvalue weighted by Gasteiger charge is 2.33. The second-order valence-corrected chi connectivity index (χ2v) is 7.53. The first-order valence-electron chi connectivity index (χ1n) is 10.5. The van der Waals surface area contributed by atoms with E-state index in [0.717, 1.165) is 32.1 Å². The van der Waals surface area contributed by atoms with Crippen molar-refractivity contribution < 1.29 is 29.0 Å². The van der Waals surface area contributed by atoms with Gasteiger partial charge in [-0.2, -0.15) is 0 Å². The smallest absolute Gasteiger partial charge is 0.302 e. The Kier molecular flexibility index (Phi) is 15.4. The molecule has 2 N–H and O–H groups in total. The molecule has 164 valence electrons. The van der Waals surface area contributed by atoms with Gasteiger partial charge in [-0.05, 0) is 12.8 Å². The van der Waals surface area contributed by atoms with E-state index in [1.807, 2.05) is 0 Å². The average Bonchev–Trinajstić information content (AvgIpc) is 2.62. The van der Waals surface area contributed by atoms with Crippen molar-refractivity contribution in [2.45, 2.75) is 96.9 Å². The highest BCUT2D eigenvalue weighted by atomic mass is 16.5. The Labute approximate surface area is 169 Å². The fourth-order valence-corrected chi connectivity index (χ4v) is 3.16. The van der Waals surface area contributed by atoms with Crippen molar-refractivity contribution in [3.63, 3.8) is 0 Å². The number of aliphatic hydroxyl groups excluding tert-OH is 1. The average molecular weight is 402 g/mol. The molecule has 0 aromatic heterocycles. The Bertz CT molecular complexity index is 434. The summed E-state index contributed by atoms with van der Waals surface area (Å²) in [5.41, 5.74) is -0.879. The number of nitrogens with one attached hydrogen (secondary N) is 1. The molecule has 7 nitrogen and oxygen atoms in total. The van der Waals surface area contributed by atoms with Crippen molar-refractivity contribution >= 4 is 17.8 Å². The van der Waals surface area contributed by atoms with Crippen molar-refractivity contribution in [3.05, 3.63) is 0 Å². The van der Waals surface area contributed by atoms with Gasteiger partial charge in [0.2, 0.25) is 5.91 Å². The zero-order valence-electron chi connectivity index (χ0n) is 17.9. The molecule has 0 spiro atoms. The Hall–Kier alpha value is -1.63. The van der Waals surface area contributed by atoms with Crippen LogP contribution in [0.15, 0.2) is 0 Å². The Balaban J connectivity index is 4.28. The van der Waals surface area contributed by atoms with Gasteiger partial charge in [-0.3, -0.25) is 14.4 Å². The second-order valence-electron chi connectivity index (χ2n) is 7.53. The minimum absolute atomic E-state index is 0.0109. The van der Waals surface area contributed by atoms with E-state index in [2.05, 4.69) is 5.32 Å². The molecule has 0 aliphatic carbocycles. The number of hydrogen-bond donors (Lipinski definition) is 2. The van der Waals surface area contributed by atoms with E-state index < -0.39 is 17.5 Å². The van der Waals surface area contributed by atoms with Gasteiger partial charge in [0.15, 0.2) is 0 Å². The predicted octanol–water partition coefficient (Wildman–Crippen LogP) is 3.27. The molecule has 0 rings (SSSR count). The number of aliphatic hydroxyl groups is 1. The highest BCUT2D eigenvalue weighted by molar-refractivity contribution is 5.74. The summed E-state index contributed by atoms with van der Waals surface area (Å²) in [6.45, 7) is 4.29. The SMILES string of the molecule is CC(=O)NC(CCCCCCCCCCCCO)(COC(C)=O)COC(C)=O. The standard InChI is InChI=1S/C21H39NO6/c1-18(24)22-21(16-27-19(2)25,17-28-20(3)26)14-12-10-8-6-4-5-7-9-11-13-15-23/h23H,4-17H2,1-3H3,(H,22,24). The third-order valence-electron chi connectivity index (χ3n) is 4.61. The fourth-order valence-electron chi connectivity index (χ4n) is 3.16. The van der Waals surface area contributed by atoms with Crippen molar-refractivity contribution in [3.8, 4) is 0 Å². The van der Waals surface area contributed by atoms with Crippen LogP contribution >= 0.6 is 0 Å². The zero-order valence-corrected chi connectivity index (χ0v) is 17.9. The first-order valence-corrected chi connectivity index (χ1v) is 10.5. The minimum atomic E-state index is -0.879. The van der Waals surface area contributed by atoms with Crippen LogP contribution < -0.4 is 5.32 Å². The number of carbonyl (C=O) groups excluding carboxylic acids is 3. The van der Waals surface area contributed by atoms with E-state index in [9.17, 15) is 14.4 Å². The van der Waals surface area contributed by atoms with Crippen LogP contribution in [0.3, 0.4) is 0 Å². The summed E-state index contributed by atoms with van der Waals surface area (Å²) in [5, 5.41) is 11.6. The first-order chi connectivity index (χ1) is 13.3. The molecule has 0 heterocycles. The van der Waals surface area contributed by atoms with Crippen LogP contribution in [0.25, 0.3) is 0 Å². The lowest BCUT2D eigenvalue weighted by molar-refractivity contribution is -0.150. The third-order valence-corrected chi connectivity index (χ3v) is 4.61. The first kappa shape index (κ1) is 26.4. The maximum absolute atomic E-state index is 11.6. The molecule has 0 unspecified atom stereocenters. The number of unbranched alkanes of at least 4 members (excludes halogenated alkanes) is 9. The van der Waals surface area contributed by atoms with Gasteiger partial charge in [-0.25, -0.2) is 0 Å². The van der Waals surface area contributed by atoms with E-state index in [0.29, 0.717) is 6.42 Å². The third kappa shape index (κ3) is 15.4. The van der Waals surface area contributed by atoms with Crippen LogP contribution in [0.1, 0.15) is 91.4 Å². The summed E-state index contributed by atoms with van der Waals surface area (Å²) in [6.07, 6.45) is 11.5. The lowest BCUT2D eigenvalue weighted by Crippen LogP contribution is -2.55. The summed E-state index contributed by atoms with van der Waals surface area (Å²) >= 11 is 0. The summed E-state index contributed by atoms with van der Waals surface area (Å²) in [4.78, 5) is 34.1. The molecule has 0 aromatic rings. The van der Waals surface area contributed by atoms with Crippen LogP contribution in [0.2, 0.25) is 0 Å². The maximum Gasteiger partial charge on any atom is 0.302 e. The van der Waals surface area contributed by atoms with E-state index >= 15 is 0 Å². The van der Waals surface area contributed by atoms with Gasteiger partial charge >= 0.3 is 11.9 Å². The molecular formula is C21H39NO6. The Morgan fingerprint density at radius 2 is 1.11 bits per heavy atom. The number of amides is 1.